The first kappa shape index (κ1) is 14.0. The molecule has 3 nitrogen and oxygen atoms in total. The van der Waals surface area contributed by atoms with E-state index in [-0.39, 0.29) is 0 Å². The zero-order valence-corrected chi connectivity index (χ0v) is 12.5. The summed E-state index contributed by atoms with van der Waals surface area (Å²) in [4.78, 5) is 4.40. The lowest BCUT2D eigenvalue weighted by Crippen LogP contribution is -2.05. The second-order valence-electron chi connectivity index (χ2n) is 4.76. The summed E-state index contributed by atoms with van der Waals surface area (Å²) < 4.78 is 5.29. The van der Waals surface area contributed by atoms with Crippen LogP contribution in [0, 0.1) is 20.8 Å². The van der Waals surface area contributed by atoms with E-state index in [0.29, 0.717) is 6.42 Å². The molecule has 0 saturated heterocycles. The molecule has 1 aromatic carbocycles. The van der Waals surface area contributed by atoms with Gasteiger partial charge < -0.3 is 9.84 Å². The minimum absolute atomic E-state index is 0.522. The number of aryl methyl sites for hydroxylation is 3. The summed E-state index contributed by atoms with van der Waals surface area (Å²) in [6.07, 6.45) is 0.0304. The Balaban J connectivity index is 2.23. The average molecular weight is 277 g/mol. The smallest absolute Gasteiger partial charge is 0.122 e. The predicted octanol–water partition coefficient (Wildman–Crippen LogP) is 3.35. The van der Waals surface area contributed by atoms with E-state index in [1.165, 1.54) is 0 Å². The number of methoxy groups -OCH3 is 1. The van der Waals surface area contributed by atoms with Gasteiger partial charge in [0.05, 0.1) is 23.9 Å². The molecular weight excluding hydrogens is 258 g/mol. The number of ether oxygens (including phenoxy) is 1. The predicted molar refractivity (Wildman–Crippen MR) is 78.0 cm³/mol. The van der Waals surface area contributed by atoms with Crippen molar-refractivity contribution in [3.8, 4) is 5.75 Å². The summed E-state index contributed by atoms with van der Waals surface area (Å²) in [5, 5.41) is 13.4. The quantitative estimate of drug-likeness (QED) is 0.932. The van der Waals surface area contributed by atoms with Crippen molar-refractivity contribution in [2.45, 2.75) is 33.3 Å². The number of hydrogen-bond acceptors (Lipinski definition) is 4. The highest BCUT2D eigenvalue weighted by molar-refractivity contribution is 7.09. The van der Waals surface area contributed by atoms with E-state index in [4.69, 9.17) is 4.74 Å². The first-order chi connectivity index (χ1) is 9.01. The van der Waals surface area contributed by atoms with Gasteiger partial charge in [-0.15, -0.1) is 11.3 Å². The molecule has 0 aliphatic rings. The Morgan fingerprint density at radius 3 is 2.58 bits per heavy atom. The first-order valence-electron chi connectivity index (χ1n) is 6.25. The number of rotatable bonds is 4. The van der Waals surface area contributed by atoms with Gasteiger partial charge in [0.2, 0.25) is 0 Å². The van der Waals surface area contributed by atoms with Crippen molar-refractivity contribution in [2.24, 2.45) is 0 Å². The van der Waals surface area contributed by atoms with Crippen molar-refractivity contribution in [1.82, 2.24) is 4.98 Å². The Morgan fingerprint density at radius 1 is 1.26 bits per heavy atom. The van der Waals surface area contributed by atoms with Crippen LogP contribution >= 0.6 is 11.3 Å². The third kappa shape index (κ3) is 3.14. The minimum Gasteiger partial charge on any atom is -0.496 e. The number of aromatic nitrogens is 1. The van der Waals surface area contributed by atoms with Gasteiger partial charge in [-0.05, 0) is 49.6 Å². The lowest BCUT2D eigenvalue weighted by Gasteiger charge is -2.15. The molecule has 2 aromatic rings. The van der Waals surface area contributed by atoms with Crippen LogP contribution in [-0.2, 0) is 6.42 Å². The van der Waals surface area contributed by atoms with Crippen LogP contribution in [0.3, 0.4) is 0 Å². The Morgan fingerprint density at radius 2 is 2.00 bits per heavy atom. The van der Waals surface area contributed by atoms with Gasteiger partial charge in [0.25, 0.3) is 0 Å². The van der Waals surface area contributed by atoms with Gasteiger partial charge in [-0.3, -0.25) is 0 Å². The van der Waals surface area contributed by atoms with E-state index in [1.807, 2.05) is 38.3 Å². The van der Waals surface area contributed by atoms with E-state index < -0.39 is 6.10 Å². The van der Waals surface area contributed by atoms with Crippen LogP contribution in [0.5, 0.6) is 5.75 Å². The van der Waals surface area contributed by atoms with Crippen molar-refractivity contribution < 1.29 is 9.84 Å². The summed E-state index contributed by atoms with van der Waals surface area (Å²) in [7, 11) is 1.66. The fourth-order valence-corrected chi connectivity index (χ4v) is 2.83. The third-order valence-electron chi connectivity index (χ3n) is 3.21. The molecule has 102 valence electrons. The molecule has 0 aliphatic carbocycles. The normalized spacial score (nSPS) is 12.5. The molecule has 0 radical (unpaired) electrons. The van der Waals surface area contributed by atoms with Gasteiger partial charge in [0.1, 0.15) is 5.75 Å². The molecule has 1 heterocycles. The largest absolute Gasteiger partial charge is 0.496 e. The molecular formula is C15H19NO2S. The molecule has 1 aromatic heterocycles. The van der Waals surface area contributed by atoms with Crippen LogP contribution in [-0.4, -0.2) is 17.2 Å². The van der Waals surface area contributed by atoms with E-state index in [1.54, 1.807) is 18.4 Å². The fourth-order valence-electron chi connectivity index (χ4n) is 2.20. The summed E-state index contributed by atoms with van der Waals surface area (Å²) >= 11 is 1.61. The van der Waals surface area contributed by atoms with E-state index >= 15 is 0 Å². The zero-order chi connectivity index (χ0) is 14.0. The molecule has 4 heteroatoms. The Bertz CT molecular complexity index is 578. The maximum Gasteiger partial charge on any atom is 0.122 e. The number of benzene rings is 1. The van der Waals surface area contributed by atoms with Crippen molar-refractivity contribution in [3.63, 3.8) is 0 Å². The fraction of sp³-hybridized carbons (Fsp3) is 0.400. The standard InChI is InChI=1S/C15H19NO2S/c1-9-6-15(18-4)10(2)5-13(9)14(17)7-12-8-19-11(3)16-12/h5-6,8,14,17H,7H2,1-4H3. The maximum atomic E-state index is 10.4. The van der Waals surface area contributed by atoms with Gasteiger partial charge in [-0.2, -0.15) is 0 Å². The van der Waals surface area contributed by atoms with Gasteiger partial charge in [0.15, 0.2) is 0 Å². The number of thiazole rings is 1. The van der Waals surface area contributed by atoms with Crippen molar-refractivity contribution in [1.29, 1.82) is 0 Å². The topological polar surface area (TPSA) is 42.4 Å². The molecule has 0 bridgehead atoms. The van der Waals surface area contributed by atoms with Crippen LogP contribution in [0.2, 0.25) is 0 Å². The molecule has 19 heavy (non-hydrogen) atoms. The first-order valence-corrected chi connectivity index (χ1v) is 7.13. The second kappa shape index (κ2) is 5.72. The monoisotopic (exact) mass is 277 g/mol. The number of aliphatic hydroxyl groups is 1. The Kier molecular flexibility index (Phi) is 4.22. The highest BCUT2D eigenvalue weighted by atomic mass is 32.1. The van der Waals surface area contributed by atoms with E-state index in [0.717, 1.165) is 33.1 Å². The average Bonchev–Trinajstić information content (AvgIpc) is 2.77. The summed E-state index contributed by atoms with van der Waals surface area (Å²) in [6.45, 7) is 5.96. The van der Waals surface area contributed by atoms with E-state index in [2.05, 4.69) is 4.98 Å². The zero-order valence-electron chi connectivity index (χ0n) is 11.7. The molecule has 1 unspecified atom stereocenters. The molecule has 0 saturated carbocycles. The van der Waals surface area contributed by atoms with Gasteiger partial charge in [-0.1, -0.05) is 0 Å². The van der Waals surface area contributed by atoms with Gasteiger partial charge in [0, 0.05) is 11.8 Å². The number of nitrogens with zero attached hydrogens (tertiary/aromatic N) is 1. The molecule has 0 aliphatic heterocycles. The van der Waals surface area contributed by atoms with Crippen molar-refractivity contribution in [3.05, 3.63) is 44.9 Å². The summed E-state index contributed by atoms with van der Waals surface area (Å²) in [5.74, 6) is 0.859. The Hall–Kier alpha value is -1.39. The second-order valence-corrected chi connectivity index (χ2v) is 5.82. The molecule has 1 N–H and O–H groups in total. The lowest BCUT2D eigenvalue weighted by atomic mass is 9.97. The highest BCUT2D eigenvalue weighted by Gasteiger charge is 2.15. The summed E-state index contributed by atoms with van der Waals surface area (Å²) in [6, 6.07) is 3.97. The third-order valence-corrected chi connectivity index (χ3v) is 4.03. The van der Waals surface area contributed by atoms with Crippen LogP contribution < -0.4 is 4.74 Å². The van der Waals surface area contributed by atoms with Crippen LogP contribution in [0.4, 0.5) is 0 Å². The molecule has 0 fully saturated rings. The van der Waals surface area contributed by atoms with Crippen molar-refractivity contribution >= 4 is 11.3 Å². The Labute approximate surface area is 117 Å². The lowest BCUT2D eigenvalue weighted by molar-refractivity contribution is 0.176. The molecule has 0 amide bonds. The van der Waals surface area contributed by atoms with Gasteiger partial charge in [-0.25, -0.2) is 4.98 Å². The van der Waals surface area contributed by atoms with Crippen LogP contribution in [0.15, 0.2) is 17.5 Å². The van der Waals surface area contributed by atoms with Gasteiger partial charge >= 0.3 is 0 Å². The van der Waals surface area contributed by atoms with Crippen molar-refractivity contribution in [2.75, 3.05) is 7.11 Å². The van der Waals surface area contributed by atoms with E-state index in [9.17, 15) is 5.11 Å². The number of aliphatic hydroxyl groups excluding tert-OH is 1. The highest BCUT2D eigenvalue weighted by Crippen LogP contribution is 2.28. The molecule has 2 rings (SSSR count). The minimum atomic E-state index is -0.522. The number of hydrogen-bond donors (Lipinski definition) is 1. The molecule has 1 atom stereocenters. The maximum absolute atomic E-state index is 10.4. The van der Waals surface area contributed by atoms with Crippen LogP contribution in [0.25, 0.3) is 0 Å². The SMILES string of the molecule is COc1cc(C)c(C(O)Cc2csc(C)n2)cc1C. The summed E-state index contributed by atoms with van der Waals surface area (Å²) in [5.41, 5.74) is 3.98. The van der Waals surface area contributed by atoms with Crippen LogP contribution in [0.1, 0.15) is 33.5 Å². The molecule has 0 spiro atoms.